The summed E-state index contributed by atoms with van der Waals surface area (Å²) in [5.41, 5.74) is 3.00. The van der Waals surface area contributed by atoms with E-state index < -0.39 is 0 Å². The number of anilines is 2. The molecule has 0 aliphatic carbocycles. The molecule has 0 radical (unpaired) electrons. The molecule has 6 nitrogen and oxygen atoms in total. The second-order valence-electron chi connectivity index (χ2n) is 4.86. The number of fused-ring (bicyclic) bond motifs is 1. The fourth-order valence-electron chi connectivity index (χ4n) is 2.30. The number of H-pyrrole nitrogens is 2. The van der Waals surface area contributed by atoms with Gasteiger partial charge in [-0.3, -0.25) is 0 Å². The Bertz CT molecular complexity index is 982. The van der Waals surface area contributed by atoms with E-state index in [1.807, 2.05) is 48.5 Å². The van der Waals surface area contributed by atoms with Crippen LogP contribution < -0.4 is 11.0 Å². The molecule has 0 amide bonds. The Morgan fingerprint density at radius 3 is 2.68 bits per heavy atom. The third kappa shape index (κ3) is 2.26. The molecule has 6 heteroatoms. The van der Waals surface area contributed by atoms with Crippen LogP contribution in [0.4, 0.5) is 11.7 Å². The van der Waals surface area contributed by atoms with Crippen LogP contribution in [0.15, 0.2) is 63.9 Å². The first kappa shape index (κ1) is 12.5. The minimum Gasteiger partial charge on any atom is -0.423 e. The van der Waals surface area contributed by atoms with Crippen molar-refractivity contribution in [3.8, 4) is 11.3 Å². The van der Waals surface area contributed by atoms with Gasteiger partial charge < -0.3 is 19.7 Å². The van der Waals surface area contributed by atoms with Gasteiger partial charge in [0.05, 0.1) is 17.2 Å². The Morgan fingerprint density at radius 1 is 1.00 bits per heavy atom. The van der Waals surface area contributed by atoms with Crippen molar-refractivity contribution >= 4 is 22.7 Å². The van der Waals surface area contributed by atoms with Gasteiger partial charge in [0.2, 0.25) is 0 Å². The van der Waals surface area contributed by atoms with Gasteiger partial charge in [0.15, 0.2) is 5.76 Å². The zero-order valence-corrected chi connectivity index (χ0v) is 11.5. The van der Waals surface area contributed by atoms with Crippen molar-refractivity contribution in [1.29, 1.82) is 0 Å². The lowest BCUT2D eigenvalue weighted by Gasteiger charge is -2.01. The Morgan fingerprint density at radius 2 is 1.82 bits per heavy atom. The van der Waals surface area contributed by atoms with Crippen LogP contribution >= 0.6 is 0 Å². The molecule has 2 heterocycles. The summed E-state index contributed by atoms with van der Waals surface area (Å²) in [5.74, 6) is 0.694. The minimum absolute atomic E-state index is 0.227. The summed E-state index contributed by atoms with van der Waals surface area (Å²) in [6.07, 6.45) is 1.67. The second kappa shape index (κ2) is 4.92. The standard InChI is InChI=1S/C16H12N4O2/c21-15-19-12-7-6-11(8-13(12)20-15)18-16-17-9-14(22-16)10-4-2-1-3-5-10/h1-9H,(H,17,18)(H2,19,20,21). The van der Waals surface area contributed by atoms with Crippen molar-refractivity contribution < 1.29 is 4.42 Å². The summed E-state index contributed by atoms with van der Waals surface area (Å²) in [6, 6.07) is 15.6. The van der Waals surface area contributed by atoms with Crippen LogP contribution in [-0.2, 0) is 0 Å². The lowest BCUT2D eigenvalue weighted by molar-refractivity contribution is 0.592. The topological polar surface area (TPSA) is 86.7 Å². The molecule has 0 fully saturated rings. The number of nitrogens with one attached hydrogen (secondary N) is 3. The van der Waals surface area contributed by atoms with Gasteiger partial charge in [-0.25, -0.2) is 9.78 Å². The zero-order valence-electron chi connectivity index (χ0n) is 11.5. The number of imidazole rings is 1. The fourth-order valence-corrected chi connectivity index (χ4v) is 2.30. The van der Waals surface area contributed by atoms with Crippen molar-refractivity contribution in [3.63, 3.8) is 0 Å². The van der Waals surface area contributed by atoms with E-state index in [0.29, 0.717) is 11.8 Å². The molecule has 2 aromatic carbocycles. The van der Waals surface area contributed by atoms with Gasteiger partial charge in [-0.15, -0.1) is 0 Å². The van der Waals surface area contributed by atoms with Gasteiger partial charge >= 0.3 is 5.69 Å². The second-order valence-corrected chi connectivity index (χ2v) is 4.86. The minimum atomic E-state index is -0.227. The zero-order chi connectivity index (χ0) is 14.9. The predicted molar refractivity (Wildman–Crippen MR) is 84.1 cm³/mol. The molecular formula is C16H12N4O2. The summed E-state index contributed by atoms with van der Waals surface area (Å²) in [7, 11) is 0. The highest BCUT2D eigenvalue weighted by Gasteiger charge is 2.07. The molecular weight excluding hydrogens is 280 g/mol. The van der Waals surface area contributed by atoms with Crippen LogP contribution in [0.3, 0.4) is 0 Å². The number of hydrogen-bond acceptors (Lipinski definition) is 4. The maximum Gasteiger partial charge on any atom is 0.323 e. The number of hydrogen-bond donors (Lipinski definition) is 3. The van der Waals surface area contributed by atoms with E-state index in [1.54, 1.807) is 6.20 Å². The first-order chi connectivity index (χ1) is 10.8. The molecule has 2 aromatic heterocycles. The number of oxazole rings is 1. The quantitative estimate of drug-likeness (QED) is 0.541. The average molecular weight is 292 g/mol. The van der Waals surface area contributed by atoms with Gasteiger partial charge in [0.1, 0.15) is 0 Å². The Balaban J connectivity index is 1.62. The van der Waals surface area contributed by atoms with Crippen molar-refractivity contribution in [1.82, 2.24) is 15.0 Å². The van der Waals surface area contributed by atoms with E-state index in [2.05, 4.69) is 20.3 Å². The molecule has 4 aromatic rings. The summed E-state index contributed by atoms with van der Waals surface area (Å²) in [4.78, 5) is 20.9. The van der Waals surface area contributed by atoms with Crippen LogP contribution in [-0.4, -0.2) is 15.0 Å². The van der Waals surface area contributed by atoms with Gasteiger partial charge in [-0.05, 0) is 18.2 Å². The van der Waals surface area contributed by atoms with Crippen molar-refractivity contribution in [2.24, 2.45) is 0 Å². The maximum absolute atomic E-state index is 11.3. The molecule has 0 saturated carbocycles. The molecule has 0 bridgehead atoms. The van der Waals surface area contributed by atoms with Gasteiger partial charge in [0.25, 0.3) is 6.01 Å². The van der Waals surface area contributed by atoms with Crippen molar-refractivity contribution in [3.05, 3.63) is 65.2 Å². The number of nitrogens with zero attached hydrogens (tertiary/aromatic N) is 1. The maximum atomic E-state index is 11.3. The predicted octanol–water partition coefficient (Wildman–Crippen LogP) is 3.25. The molecule has 108 valence electrons. The smallest absolute Gasteiger partial charge is 0.323 e. The van der Waals surface area contributed by atoms with Crippen LogP contribution in [0, 0.1) is 0 Å². The van der Waals surface area contributed by atoms with E-state index in [-0.39, 0.29) is 5.69 Å². The van der Waals surface area contributed by atoms with Crippen LogP contribution in [0.25, 0.3) is 22.4 Å². The number of aromatic nitrogens is 3. The van der Waals surface area contributed by atoms with E-state index in [1.165, 1.54) is 0 Å². The number of rotatable bonds is 3. The first-order valence-electron chi connectivity index (χ1n) is 6.78. The highest BCUT2D eigenvalue weighted by atomic mass is 16.4. The summed E-state index contributed by atoms with van der Waals surface area (Å²) in [5, 5.41) is 3.08. The van der Waals surface area contributed by atoms with E-state index in [4.69, 9.17) is 4.42 Å². The first-order valence-corrected chi connectivity index (χ1v) is 6.78. The molecule has 0 aliphatic rings. The van der Waals surface area contributed by atoms with Gasteiger partial charge in [-0.1, -0.05) is 30.3 Å². The molecule has 0 aliphatic heterocycles. The van der Waals surface area contributed by atoms with Gasteiger partial charge in [0, 0.05) is 11.3 Å². The normalized spacial score (nSPS) is 10.9. The molecule has 0 spiro atoms. The van der Waals surface area contributed by atoms with E-state index >= 15 is 0 Å². The van der Waals surface area contributed by atoms with E-state index in [0.717, 1.165) is 22.3 Å². The van der Waals surface area contributed by atoms with E-state index in [9.17, 15) is 4.79 Å². The van der Waals surface area contributed by atoms with Gasteiger partial charge in [-0.2, -0.15) is 0 Å². The Hall–Kier alpha value is -3.28. The third-order valence-corrected chi connectivity index (χ3v) is 3.33. The average Bonchev–Trinajstić information content (AvgIpc) is 3.13. The fraction of sp³-hybridized carbons (Fsp3) is 0. The number of aromatic amines is 2. The highest BCUT2D eigenvalue weighted by molar-refractivity contribution is 5.79. The lowest BCUT2D eigenvalue weighted by Crippen LogP contribution is -1.99. The molecule has 0 unspecified atom stereocenters. The largest absolute Gasteiger partial charge is 0.423 e. The lowest BCUT2D eigenvalue weighted by atomic mass is 10.2. The summed E-state index contributed by atoms with van der Waals surface area (Å²) < 4.78 is 5.69. The van der Waals surface area contributed by atoms with Crippen LogP contribution in [0.5, 0.6) is 0 Å². The molecule has 0 atom stereocenters. The summed E-state index contributed by atoms with van der Waals surface area (Å²) >= 11 is 0. The van der Waals surface area contributed by atoms with Crippen molar-refractivity contribution in [2.45, 2.75) is 0 Å². The monoisotopic (exact) mass is 292 g/mol. The molecule has 4 rings (SSSR count). The Kier molecular flexibility index (Phi) is 2.79. The van der Waals surface area contributed by atoms with Crippen LogP contribution in [0.2, 0.25) is 0 Å². The SMILES string of the molecule is O=c1[nH]c2ccc(Nc3ncc(-c4ccccc4)o3)cc2[nH]1. The Labute approximate surface area is 124 Å². The third-order valence-electron chi connectivity index (χ3n) is 3.33. The van der Waals surface area contributed by atoms with Crippen LogP contribution in [0.1, 0.15) is 0 Å². The molecule has 22 heavy (non-hydrogen) atoms. The number of benzene rings is 2. The molecule has 3 N–H and O–H groups in total. The highest BCUT2D eigenvalue weighted by Crippen LogP contribution is 2.25. The molecule has 0 saturated heterocycles. The summed E-state index contributed by atoms with van der Waals surface area (Å²) in [6.45, 7) is 0. The van der Waals surface area contributed by atoms with Crippen molar-refractivity contribution in [2.75, 3.05) is 5.32 Å².